The first kappa shape index (κ1) is 17.2. The van der Waals surface area contributed by atoms with Gasteiger partial charge in [-0.05, 0) is 53.4 Å². The van der Waals surface area contributed by atoms with Crippen LogP contribution in [0.15, 0.2) is 35.0 Å². The highest BCUT2D eigenvalue weighted by molar-refractivity contribution is 7.53. The summed E-state index contributed by atoms with van der Waals surface area (Å²) >= 11 is 1.58. The summed E-state index contributed by atoms with van der Waals surface area (Å²) in [7, 11) is -1.45. The molecule has 2 aromatic rings. The van der Waals surface area contributed by atoms with Crippen LogP contribution in [0.25, 0.3) is 11.1 Å². The van der Waals surface area contributed by atoms with Gasteiger partial charge in [0, 0.05) is 0 Å². The Balaban J connectivity index is 2.30. The lowest BCUT2D eigenvalue weighted by Crippen LogP contribution is -1.99. The standard InChI is InChI=1S/C16H21O4PS/c1-4-19-21(17,20-5-2)10-14-11-22-12-16(14)13-7-6-8-15(9-13)18-3/h6-9,11-12H,4-5,10H2,1-3H3. The Hall–Kier alpha value is -1.13. The fourth-order valence-electron chi connectivity index (χ4n) is 2.22. The van der Waals surface area contributed by atoms with Gasteiger partial charge in [0.15, 0.2) is 0 Å². The van der Waals surface area contributed by atoms with Crippen molar-refractivity contribution in [3.05, 3.63) is 40.6 Å². The summed E-state index contributed by atoms with van der Waals surface area (Å²) in [6.07, 6.45) is 0.282. The molecule has 0 saturated heterocycles. The minimum absolute atomic E-state index is 0.282. The van der Waals surface area contributed by atoms with E-state index in [1.165, 1.54) is 0 Å². The molecule has 0 aliphatic rings. The van der Waals surface area contributed by atoms with Crippen LogP contribution in [0.5, 0.6) is 5.75 Å². The summed E-state index contributed by atoms with van der Waals surface area (Å²) in [5.41, 5.74) is 3.06. The molecule has 0 spiro atoms. The van der Waals surface area contributed by atoms with Crippen LogP contribution in [-0.2, 0) is 19.8 Å². The van der Waals surface area contributed by atoms with Crippen molar-refractivity contribution in [1.82, 2.24) is 0 Å². The van der Waals surface area contributed by atoms with Gasteiger partial charge >= 0.3 is 7.60 Å². The lowest BCUT2D eigenvalue weighted by molar-refractivity contribution is 0.219. The Morgan fingerprint density at radius 2 is 1.86 bits per heavy atom. The van der Waals surface area contributed by atoms with Crippen molar-refractivity contribution in [2.75, 3.05) is 20.3 Å². The van der Waals surface area contributed by atoms with Gasteiger partial charge in [0.25, 0.3) is 0 Å². The SMILES string of the molecule is CCOP(=O)(Cc1cscc1-c1cccc(OC)c1)OCC. The molecule has 0 amide bonds. The number of methoxy groups -OCH3 is 1. The largest absolute Gasteiger partial charge is 0.497 e. The summed E-state index contributed by atoms with van der Waals surface area (Å²) in [5, 5.41) is 4.05. The summed E-state index contributed by atoms with van der Waals surface area (Å²) in [4.78, 5) is 0. The van der Waals surface area contributed by atoms with Gasteiger partial charge in [0.05, 0.1) is 26.5 Å². The predicted octanol–water partition coefficient (Wildman–Crippen LogP) is 5.19. The lowest BCUT2D eigenvalue weighted by Gasteiger charge is -2.17. The summed E-state index contributed by atoms with van der Waals surface area (Å²) < 4.78 is 28.8. The van der Waals surface area contributed by atoms with Crippen molar-refractivity contribution in [3.63, 3.8) is 0 Å². The van der Waals surface area contributed by atoms with Crippen molar-refractivity contribution in [2.45, 2.75) is 20.0 Å². The van der Waals surface area contributed by atoms with Crippen LogP contribution < -0.4 is 4.74 Å². The monoisotopic (exact) mass is 340 g/mol. The van der Waals surface area contributed by atoms with E-state index < -0.39 is 7.60 Å². The molecule has 0 fully saturated rings. The van der Waals surface area contributed by atoms with Gasteiger partial charge in [-0.2, -0.15) is 11.3 Å². The van der Waals surface area contributed by atoms with E-state index in [1.54, 1.807) is 18.4 Å². The van der Waals surface area contributed by atoms with Crippen molar-refractivity contribution in [3.8, 4) is 16.9 Å². The van der Waals surface area contributed by atoms with Crippen LogP contribution in [0, 0.1) is 0 Å². The maximum Gasteiger partial charge on any atom is 0.335 e. The van der Waals surface area contributed by atoms with E-state index in [0.717, 1.165) is 22.4 Å². The fourth-order valence-corrected chi connectivity index (χ4v) is 4.93. The molecule has 0 aliphatic heterocycles. The zero-order valence-electron chi connectivity index (χ0n) is 13.1. The Kier molecular flexibility index (Phi) is 6.21. The average Bonchev–Trinajstić information content (AvgIpc) is 2.95. The molecule has 1 aromatic heterocycles. The van der Waals surface area contributed by atoms with Crippen molar-refractivity contribution >= 4 is 18.9 Å². The van der Waals surface area contributed by atoms with Gasteiger partial charge in [0.2, 0.25) is 0 Å². The Morgan fingerprint density at radius 3 is 2.50 bits per heavy atom. The molecule has 2 rings (SSSR count). The van der Waals surface area contributed by atoms with Crippen LogP contribution in [-0.4, -0.2) is 20.3 Å². The normalized spacial score (nSPS) is 11.6. The molecule has 1 heterocycles. The number of hydrogen-bond acceptors (Lipinski definition) is 5. The minimum atomic E-state index is -3.10. The smallest absolute Gasteiger partial charge is 0.335 e. The highest BCUT2D eigenvalue weighted by Crippen LogP contribution is 2.52. The summed E-state index contributed by atoms with van der Waals surface area (Å²) in [6, 6.07) is 7.83. The average molecular weight is 340 g/mol. The van der Waals surface area contributed by atoms with E-state index in [2.05, 4.69) is 0 Å². The molecular formula is C16H21O4PS. The molecule has 1 aromatic carbocycles. The highest BCUT2D eigenvalue weighted by Gasteiger charge is 2.26. The highest BCUT2D eigenvalue weighted by atomic mass is 32.1. The van der Waals surface area contributed by atoms with E-state index in [4.69, 9.17) is 13.8 Å². The minimum Gasteiger partial charge on any atom is -0.497 e. The Labute approximate surface area is 135 Å². The van der Waals surface area contributed by atoms with Crippen LogP contribution in [0.4, 0.5) is 0 Å². The molecular weight excluding hydrogens is 319 g/mol. The lowest BCUT2D eigenvalue weighted by atomic mass is 10.1. The second-order valence-corrected chi connectivity index (χ2v) is 7.45. The van der Waals surface area contributed by atoms with Gasteiger partial charge in [-0.15, -0.1) is 0 Å². The molecule has 120 valence electrons. The molecule has 4 nitrogen and oxygen atoms in total. The molecule has 0 saturated carbocycles. The second kappa shape index (κ2) is 7.93. The summed E-state index contributed by atoms with van der Waals surface area (Å²) in [5.74, 6) is 0.799. The second-order valence-electron chi connectivity index (χ2n) is 4.65. The molecule has 6 heteroatoms. The number of thiophene rings is 1. The third kappa shape index (κ3) is 4.20. The molecule has 0 radical (unpaired) electrons. The summed E-state index contributed by atoms with van der Waals surface area (Å²) in [6.45, 7) is 4.39. The zero-order valence-corrected chi connectivity index (χ0v) is 14.8. The third-order valence-corrected chi connectivity index (χ3v) is 5.96. The van der Waals surface area contributed by atoms with Crippen molar-refractivity contribution in [1.29, 1.82) is 0 Å². The zero-order chi connectivity index (χ0) is 16.0. The third-order valence-electron chi connectivity index (χ3n) is 3.14. The molecule has 0 aliphatic carbocycles. The predicted molar refractivity (Wildman–Crippen MR) is 90.9 cm³/mol. The van der Waals surface area contributed by atoms with Crippen molar-refractivity contribution in [2.24, 2.45) is 0 Å². The van der Waals surface area contributed by atoms with E-state index in [9.17, 15) is 4.57 Å². The van der Waals surface area contributed by atoms with Gasteiger partial charge in [0.1, 0.15) is 5.75 Å². The maximum atomic E-state index is 12.7. The van der Waals surface area contributed by atoms with Gasteiger partial charge in [-0.3, -0.25) is 4.57 Å². The Morgan fingerprint density at radius 1 is 1.14 bits per heavy atom. The van der Waals surface area contributed by atoms with E-state index in [1.807, 2.05) is 48.9 Å². The first-order valence-corrected chi connectivity index (χ1v) is 9.86. The van der Waals surface area contributed by atoms with Gasteiger partial charge < -0.3 is 13.8 Å². The molecule has 0 bridgehead atoms. The number of ether oxygens (including phenoxy) is 1. The topological polar surface area (TPSA) is 44.8 Å². The van der Waals surface area contributed by atoms with Crippen LogP contribution in [0.1, 0.15) is 19.4 Å². The van der Waals surface area contributed by atoms with Crippen LogP contribution in [0.2, 0.25) is 0 Å². The van der Waals surface area contributed by atoms with E-state index in [0.29, 0.717) is 13.2 Å². The molecule has 0 N–H and O–H groups in total. The number of benzene rings is 1. The molecule has 0 unspecified atom stereocenters. The quantitative estimate of drug-likeness (QED) is 0.620. The maximum absolute atomic E-state index is 12.7. The van der Waals surface area contributed by atoms with E-state index >= 15 is 0 Å². The number of rotatable bonds is 8. The van der Waals surface area contributed by atoms with Crippen LogP contribution in [0.3, 0.4) is 0 Å². The van der Waals surface area contributed by atoms with Gasteiger partial charge in [-0.25, -0.2) is 0 Å². The molecule has 22 heavy (non-hydrogen) atoms. The van der Waals surface area contributed by atoms with E-state index in [-0.39, 0.29) is 6.16 Å². The fraction of sp³-hybridized carbons (Fsp3) is 0.375. The van der Waals surface area contributed by atoms with Crippen LogP contribution >= 0.6 is 18.9 Å². The van der Waals surface area contributed by atoms with Crippen molar-refractivity contribution < 1.29 is 18.3 Å². The molecule has 0 atom stereocenters. The first-order chi connectivity index (χ1) is 10.6. The first-order valence-electron chi connectivity index (χ1n) is 7.19. The van der Waals surface area contributed by atoms with Gasteiger partial charge in [-0.1, -0.05) is 12.1 Å². The Bertz CT molecular complexity index is 643. The number of hydrogen-bond donors (Lipinski definition) is 0.